The van der Waals surface area contributed by atoms with Crippen LogP contribution in [0.4, 0.5) is 0 Å². The van der Waals surface area contributed by atoms with Crippen LogP contribution in [-0.4, -0.2) is 35.5 Å². The molecule has 0 bridgehead atoms. The molecule has 6 nitrogen and oxygen atoms in total. The molecule has 1 heterocycles. The lowest BCUT2D eigenvalue weighted by Crippen LogP contribution is -2.40. The van der Waals surface area contributed by atoms with E-state index in [1.165, 1.54) is 0 Å². The predicted octanol–water partition coefficient (Wildman–Crippen LogP) is 1.09. The maximum atomic E-state index is 5.82. The second kappa shape index (κ2) is 8.36. The van der Waals surface area contributed by atoms with E-state index in [0.717, 1.165) is 17.0 Å². The van der Waals surface area contributed by atoms with Crippen LogP contribution in [0.3, 0.4) is 0 Å². The highest BCUT2D eigenvalue weighted by molar-refractivity contribution is 14.0. The number of hydrogen-bond donors (Lipinski definition) is 2. The second-order valence-corrected chi connectivity index (χ2v) is 4.48. The van der Waals surface area contributed by atoms with Gasteiger partial charge in [0.15, 0.2) is 5.96 Å². The molecular formula is C12H24IN5O. The van der Waals surface area contributed by atoms with Crippen LogP contribution in [0.5, 0.6) is 0 Å². The van der Waals surface area contributed by atoms with E-state index in [9.17, 15) is 0 Å². The number of hydrogen-bond acceptors (Lipinski definition) is 3. The SMILES string of the molecule is COCC(C)NC(N)=NCc1c(C)nn(C)c1C.I. The quantitative estimate of drug-likeness (QED) is 0.455. The van der Waals surface area contributed by atoms with Crippen LogP contribution in [0.25, 0.3) is 0 Å². The van der Waals surface area contributed by atoms with E-state index in [-0.39, 0.29) is 30.0 Å². The summed E-state index contributed by atoms with van der Waals surface area (Å²) in [7, 11) is 3.59. The van der Waals surface area contributed by atoms with Gasteiger partial charge in [-0.05, 0) is 20.8 Å². The summed E-state index contributed by atoms with van der Waals surface area (Å²) >= 11 is 0. The first kappa shape index (κ1) is 18.2. The van der Waals surface area contributed by atoms with Crippen LogP contribution in [0.2, 0.25) is 0 Å². The summed E-state index contributed by atoms with van der Waals surface area (Å²) in [6.45, 7) is 7.15. The van der Waals surface area contributed by atoms with Crippen LogP contribution in [-0.2, 0) is 18.3 Å². The fourth-order valence-electron chi connectivity index (χ4n) is 1.80. The zero-order chi connectivity index (χ0) is 13.7. The number of nitrogens with one attached hydrogen (secondary N) is 1. The summed E-state index contributed by atoms with van der Waals surface area (Å²) in [5.41, 5.74) is 9.06. The van der Waals surface area contributed by atoms with Crippen LogP contribution in [0, 0.1) is 13.8 Å². The topological polar surface area (TPSA) is 77.5 Å². The highest BCUT2D eigenvalue weighted by Crippen LogP contribution is 2.12. The summed E-state index contributed by atoms with van der Waals surface area (Å²) in [6.07, 6.45) is 0. The molecule has 110 valence electrons. The Hall–Kier alpha value is -0.830. The van der Waals surface area contributed by atoms with Crippen molar-refractivity contribution in [2.24, 2.45) is 17.8 Å². The zero-order valence-corrected chi connectivity index (χ0v) is 14.6. The number of methoxy groups -OCH3 is 1. The van der Waals surface area contributed by atoms with Gasteiger partial charge in [0.1, 0.15) is 0 Å². The maximum absolute atomic E-state index is 5.82. The number of rotatable bonds is 5. The summed E-state index contributed by atoms with van der Waals surface area (Å²) in [4.78, 5) is 4.33. The average molecular weight is 381 g/mol. The third kappa shape index (κ3) is 5.35. The van der Waals surface area contributed by atoms with Crippen molar-refractivity contribution in [2.45, 2.75) is 33.4 Å². The molecule has 1 aromatic heterocycles. The maximum Gasteiger partial charge on any atom is 0.189 e. The molecule has 0 aliphatic rings. The highest BCUT2D eigenvalue weighted by Gasteiger charge is 2.08. The molecule has 1 atom stereocenters. The van der Waals surface area contributed by atoms with Gasteiger partial charge in [0, 0.05) is 31.5 Å². The molecule has 3 N–H and O–H groups in total. The van der Waals surface area contributed by atoms with Gasteiger partial charge in [-0.2, -0.15) is 5.10 Å². The van der Waals surface area contributed by atoms with E-state index < -0.39 is 0 Å². The first-order valence-electron chi connectivity index (χ1n) is 6.00. The Morgan fingerprint density at radius 2 is 2.16 bits per heavy atom. The number of nitrogens with zero attached hydrogens (tertiary/aromatic N) is 3. The van der Waals surface area contributed by atoms with Gasteiger partial charge >= 0.3 is 0 Å². The molecule has 1 unspecified atom stereocenters. The Morgan fingerprint density at radius 3 is 2.63 bits per heavy atom. The van der Waals surface area contributed by atoms with E-state index in [0.29, 0.717) is 19.1 Å². The molecule has 1 aromatic rings. The molecule has 0 spiro atoms. The molecule has 7 heteroatoms. The Bertz CT molecular complexity index is 430. The van der Waals surface area contributed by atoms with Gasteiger partial charge in [-0.1, -0.05) is 0 Å². The first-order valence-corrected chi connectivity index (χ1v) is 6.00. The second-order valence-electron chi connectivity index (χ2n) is 4.48. The number of aryl methyl sites for hydroxylation is 2. The molecule has 0 aliphatic carbocycles. The van der Waals surface area contributed by atoms with Crippen molar-refractivity contribution in [3.05, 3.63) is 17.0 Å². The number of ether oxygens (including phenoxy) is 1. The Labute approximate surface area is 131 Å². The van der Waals surface area contributed by atoms with Crippen LogP contribution in [0.15, 0.2) is 4.99 Å². The molecule has 19 heavy (non-hydrogen) atoms. The fourth-order valence-corrected chi connectivity index (χ4v) is 1.80. The van der Waals surface area contributed by atoms with Crippen molar-refractivity contribution in [3.63, 3.8) is 0 Å². The van der Waals surface area contributed by atoms with Gasteiger partial charge in [0.05, 0.1) is 18.8 Å². The molecule has 0 aromatic carbocycles. The Balaban J connectivity index is 0.00000324. The van der Waals surface area contributed by atoms with Gasteiger partial charge in [0.25, 0.3) is 0 Å². The Morgan fingerprint density at radius 1 is 1.53 bits per heavy atom. The van der Waals surface area contributed by atoms with Crippen molar-refractivity contribution >= 4 is 29.9 Å². The number of halogens is 1. The number of guanidine groups is 1. The van der Waals surface area contributed by atoms with Crippen LogP contribution < -0.4 is 11.1 Å². The Kier molecular flexibility index (Phi) is 8.00. The van der Waals surface area contributed by atoms with Crippen LogP contribution in [0.1, 0.15) is 23.9 Å². The van der Waals surface area contributed by atoms with Crippen LogP contribution >= 0.6 is 24.0 Å². The van der Waals surface area contributed by atoms with Gasteiger partial charge in [-0.25, -0.2) is 4.99 Å². The molecule has 0 aliphatic heterocycles. The summed E-state index contributed by atoms with van der Waals surface area (Å²) < 4.78 is 6.88. The third-order valence-corrected chi connectivity index (χ3v) is 2.88. The number of nitrogens with two attached hydrogens (primary N) is 1. The normalized spacial score (nSPS) is 13.0. The molecule has 0 saturated heterocycles. The van der Waals surface area contributed by atoms with Gasteiger partial charge < -0.3 is 15.8 Å². The third-order valence-electron chi connectivity index (χ3n) is 2.88. The van der Waals surface area contributed by atoms with E-state index in [1.807, 2.05) is 32.5 Å². The molecule has 0 saturated carbocycles. The molecule has 1 rings (SSSR count). The minimum Gasteiger partial charge on any atom is -0.383 e. The van der Waals surface area contributed by atoms with E-state index in [2.05, 4.69) is 15.4 Å². The predicted molar refractivity (Wildman–Crippen MR) is 87.9 cm³/mol. The van der Waals surface area contributed by atoms with Gasteiger partial charge in [-0.15, -0.1) is 24.0 Å². The lowest BCUT2D eigenvalue weighted by molar-refractivity contribution is 0.179. The fraction of sp³-hybridized carbons (Fsp3) is 0.667. The zero-order valence-electron chi connectivity index (χ0n) is 12.2. The van der Waals surface area contributed by atoms with Crippen molar-refractivity contribution in [1.82, 2.24) is 15.1 Å². The van der Waals surface area contributed by atoms with E-state index in [1.54, 1.807) is 7.11 Å². The standard InChI is InChI=1S/C12H23N5O.HI/c1-8(7-18-5)15-12(13)14-6-11-9(2)16-17(4)10(11)3;/h8H,6-7H2,1-5H3,(H3,13,14,15);1H. The van der Waals surface area contributed by atoms with Crippen molar-refractivity contribution < 1.29 is 4.74 Å². The molecular weight excluding hydrogens is 357 g/mol. The largest absolute Gasteiger partial charge is 0.383 e. The lowest BCUT2D eigenvalue weighted by atomic mass is 10.2. The molecule has 0 fully saturated rings. The lowest BCUT2D eigenvalue weighted by Gasteiger charge is -2.13. The smallest absolute Gasteiger partial charge is 0.189 e. The minimum absolute atomic E-state index is 0. The minimum atomic E-state index is 0. The highest BCUT2D eigenvalue weighted by atomic mass is 127. The van der Waals surface area contributed by atoms with Gasteiger partial charge in [0.2, 0.25) is 0 Å². The summed E-state index contributed by atoms with van der Waals surface area (Å²) in [5.74, 6) is 0.433. The van der Waals surface area contributed by atoms with Gasteiger partial charge in [-0.3, -0.25) is 4.68 Å². The van der Waals surface area contributed by atoms with Crippen molar-refractivity contribution in [3.8, 4) is 0 Å². The monoisotopic (exact) mass is 381 g/mol. The van der Waals surface area contributed by atoms with E-state index in [4.69, 9.17) is 10.5 Å². The molecule has 0 amide bonds. The summed E-state index contributed by atoms with van der Waals surface area (Å²) in [5, 5.41) is 7.42. The number of aliphatic imine (C=N–C) groups is 1. The first-order chi connectivity index (χ1) is 8.45. The molecule has 0 radical (unpaired) electrons. The van der Waals surface area contributed by atoms with E-state index >= 15 is 0 Å². The number of aromatic nitrogens is 2. The van der Waals surface area contributed by atoms with Crippen molar-refractivity contribution in [1.29, 1.82) is 0 Å². The van der Waals surface area contributed by atoms with Crippen molar-refractivity contribution in [2.75, 3.05) is 13.7 Å². The summed E-state index contributed by atoms with van der Waals surface area (Å²) in [6, 6.07) is 0.148. The average Bonchev–Trinajstić information content (AvgIpc) is 2.51.